The van der Waals surface area contributed by atoms with Gasteiger partial charge in [-0.1, -0.05) is 6.07 Å². The van der Waals surface area contributed by atoms with Gasteiger partial charge in [0.15, 0.2) is 0 Å². The molecule has 2 aliphatic heterocycles. The Balaban J connectivity index is 1.72. The third-order valence-electron chi connectivity index (χ3n) is 4.67. The second-order valence-corrected chi connectivity index (χ2v) is 9.73. The van der Waals surface area contributed by atoms with Crippen molar-refractivity contribution in [1.29, 1.82) is 0 Å². The average molecular weight is 457 g/mol. The molecule has 2 amide bonds. The van der Waals surface area contributed by atoms with Gasteiger partial charge in [0.05, 0.1) is 11.4 Å². The van der Waals surface area contributed by atoms with Crippen LogP contribution in [-0.2, 0) is 24.4 Å². The Morgan fingerprint density at radius 3 is 2.73 bits per heavy atom. The van der Waals surface area contributed by atoms with Gasteiger partial charge in [-0.25, -0.2) is 13.2 Å². The highest BCUT2D eigenvalue weighted by Crippen LogP contribution is 2.37. The highest BCUT2D eigenvalue weighted by atomic mass is 32.2. The molecule has 2 heterocycles. The molecule has 11 nitrogen and oxygen atoms in total. The van der Waals surface area contributed by atoms with Crippen LogP contribution in [0.25, 0.3) is 0 Å². The molecular formula is C17H20N4O7S2. The summed E-state index contributed by atoms with van der Waals surface area (Å²) >= 11 is 1.31. The number of hydrogen-bond acceptors (Lipinski definition) is 8. The van der Waals surface area contributed by atoms with Gasteiger partial charge >= 0.3 is 5.97 Å². The monoisotopic (exact) mass is 456 g/mol. The predicted octanol–water partition coefficient (Wildman–Crippen LogP) is -0.478. The summed E-state index contributed by atoms with van der Waals surface area (Å²) in [5.74, 6) is -2.64. The molecule has 1 aromatic rings. The van der Waals surface area contributed by atoms with Crippen LogP contribution in [0.2, 0.25) is 0 Å². The van der Waals surface area contributed by atoms with E-state index in [0.717, 1.165) is 4.90 Å². The third-order valence-corrected chi connectivity index (χ3v) is 7.15. The van der Waals surface area contributed by atoms with Gasteiger partial charge < -0.3 is 21.3 Å². The quantitative estimate of drug-likeness (QED) is 0.268. The molecule has 0 spiro atoms. The van der Waals surface area contributed by atoms with Gasteiger partial charge in [0.25, 0.3) is 5.91 Å². The van der Waals surface area contributed by atoms with E-state index in [2.05, 4.69) is 10.0 Å². The van der Waals surface area contributed by atoms with Crippen molar-refractivity contribution in [3.63, 3.8) is 0 Å². The number of phenolic OH excluding ortho intramolecular Hbond substituents is 1. The minimum absolute atomic E-state index is 0.120. The number of hydrogen-bond donors (Lipinski definition) is 5. The number of rotatable bonds is 7. The summed E-state index contributed by atoms with van der Waals surface area (Å²) in [4.78, 5) is 37.3. The minimum Gasteiger partial charge on any atom is -0.506 e. The summed E-state index contributed by atoms with van der Waals surface area (Å²) < 4.78 is 25.7. The van der Waals surface area contributed by atoms with Gasteiger partial charge in [-0.05, 0) is 30.7 Å². The van der Waals surface area contributed by atoms with E-state index in [4.69, 9.17) is 5.73 Å². The fraction of sp³-hybridized carbons (Fsp3) is 0.353. The van der Waals surface area contributed by atoms with Gasteiger partial charge in [-0.2, -0.15) is 0 Å². The number of benzene rings is 1. The number of amides is 2. The van der Waals surface area contributed by atoms with E-state index in [0.29, 0.717) is 5.75 Å². The fourth-order valence-electron chi connectivity index (χ4n) is 3.00. The molecule has 3 atom stereocenters. The van der Waals surface area contributed by atoms with Crippen LogP contribution in [-0.4, -0.2) is 64.2 Å². The Hall–Kier alpha value is -2.77. The Labute approximate surface area is 176 Å². The normalized spacial score (nSPS) is 21.7. The lowest BCUT2D eigenvalue weighted by molar-refractivity contribution is -0.150. The molecule has 3 rings (SSSR count). The van der Waals surface area contributed by atoms with E-state index in [9.17, 15) is 33.0 Å². The van der Waals surface area contributed by atoms with Crippen LogP contribution in [0.15, 0.2) is 30.0 Å². The smallest absolute Gasteiger partial charge is 0.352 e. The number of anilines is 1. The average Bonchev–Trinajstić information content (AvgIpc) is 2.71. The van der Waals surface area contributed by atoms with Crippen LogP contribution in [0.5, 0.6) is 5.75 Å². The second kappa shape index (κ2) is 8.16. The SMILES string of the molecule is CCS(=O)(=O)Nc1cc(C(N)C(=O)N[C@@H]2C(=O)N3C(C(=O)O)=CCS[C@H]23)ccc1O. The van der Waals surface area contributed by atoms with Crippen molar-refractivity contribution in [2.24, 2.45) is 5.73 Å². The number of carboxylic acid groups (broad SMARTS) is 1. The first-order valence-corrected chi connectivity index (χ1v) is 11.5. The van der Waals surface area contributed by atoms with Crippen molar-refractivity contribution in [3.05, 3.63) is 35.5 Å². The molecule has 1 aromatic carbocycles. The number of carboxylic acids is 1. The molecule has 0 saturated carbocycles. The van der Waals surface area contributed by atoms with Crippen molar-refractivity contribution in [2.45, 2.75) is 24.4 Å². The molecular weight excluding hydrogens is 436 g/mol. The standard InChI is InChI=1S/C17H20N4O7S2/c1-2-30(27,28)20-9-7-8(3-4-11(9)22)12(18)14(23)19-13-15(24)21-10(17(25)26)5-6-29-16(13)21/h3-5,7,12-13,16,20,22H,2,6,18H2,1H3,(H,19,23)(H,25,26)/t12?,13-,16-/m1/s1. The number of thioether (sulfide) groups is 1. The van der Waals surface area contributed by atoms with Crippen LogP contribution in [0.1, 0.15) is 18.5 Å². The van der Waals surface area contributed by atoms with Gasteiger partial charge in [-0.15, -0.1) is 11.8 Å². The Kier molecular flexibility index (Phi) is 5.97. The van der Waals surface area contributed by atoms with Crippen molar-refractivity contribution in [2.75, 3.05) is 16.2 Å². The van der Waals surface area contributed by atoms with E-state index in [-0.39, 0.29) is 28.5 Å². The van der Waals surface area contributed by atoms with Gasteiger partial charge in [0.2, 0.25) is 15.9 Å². The number of sulfonamides is 1. The summed E-state index contributed by atoms with van der Waals surface area (Å²) in [6.07, 6.45) is 1.43. The number of carbonyl (C=O) groups excluding carboxylic acids is 2. The van der Waals surface area contributed by atoms with E-state index in [1.54, 1.807) is 0 Å². The van der Waals surface area contributed by atoms with Crippen molar-refractivity contribution < 1.29 is 33.0 Å². The number of fused-ring (bicyclic) bond motifs is 1. The zero-order chi connectivity index (χ0) is 22.2. The molecule has 1 fully saturated rings. The second-order valence-electron chi connectivity index (χ2n) is 6.57. The maximum Gasteiger partial charge on any atom is 0.352 e. The van der Waals surface area contributed by atoms with E-state index in [1.165, 1.54) is 43.0 Å². The molecule has 6 N–H and O–H groups in total. The van der Waals surface area contributed by atoms with Crippen LogP contribution in [0, 0.1) is 0 Å². The molecule has 13 heteroatoms. The molecule has 1 saturated heterocycles. The number of phenols is 1. The summed E-state index contributed by atoms with van der Waals surface area (Å²) in [7, 11) is -3.66. The van der Waals surface area contributed by atoms with E-state index >= 15 is 0 Å². The lowest BCUT2D eigenvalue weighted by Crippen LogP contribution is -2.70. The van der Waals surface area contributed by atoms with Crippen LogP contribution in [0.3, 0.4) is 0 Å². The summed E-state index contributed by atoms with van der Waals surface area (Å²) in [6.45, 7) is 1.43. The number of aliphatic carboxylic acids is 1. The van der Waals surface area contributed by atoms with Crippen molar-refractivity contribution >= 4 is 45.3 Å². The van der Waals surface area contributed by atoms with Gasteiger partial charge in [0.1, 0.15) is 28.9 Å². The predicted molar refractivity (Wildman–Crippen MR) is 109 cm³/mol. The highest BCUT2D eigenvalue weighted by Gasteiger charge is 2.53. The first kappa shape index (κ1) is 21.9. The molecule has 0 bridgehead atoms. The van der Waals surface area contributed by atoms with E-state index < -0.39 is 45.3 Å². The number of carbonyl (C=O) groups is 3. The van der Waals surface area contributed by atoms with Gasteiger partial charge in [0, 0.05) is 5.75 Å². The van der Waals surface area contributed by atoms with E-state index in [1.807, 2.05) is 0 Å². The highest BCUT2D eigenvalue weighted by molar-refractivity contribution is 8.00. The number of aromatic hydroxyl groups is 1. The molecule has 1 unspecified atom stereocenters. The maximum absolute atomic E-state index is 12.6. The minimum atomic E-state index is -3.66. The zero-order valence-electron chi connectivity index (χ0n) is 15.7. The first-order chi connectivity index (χ1) is 14.1. The Bertz CT molecular complexity index is 1040. The fourth-order valence-corrected chi connectivity index (χ4v) is 4.84. The largest absolute Gasteiger partial charge is 0.506 e. The first-order valence-electron chi connectivity index (χ1n) is 8.83. The Morgan fingerprint density at radius 1 is 1.40 bits per heavy atom. The molecule has 2 aliphatic rings. The lowest BCUT2D eigenvalue weighted by Gasteiger charge is -2.48. The Morgan fingerprint density at radius 2 is 2.10 bits per heavy atom. The number of nitrogens with zero attached hydrogens (tertiary/aromatic N) is 1. The van der Waals surface area contributed by atoms with Gasteiger partial charge in [-0.3, -0.25) is 19.2 Å². The number of nitrogens with one attached hydrogen (secondary N) is 2. The molecule has 0 aliphatic carbocycles. The van der Waals surface area contributed by atoms with Crippen molar-refractivity contribution in [3.8, 4) is 5.75 Å². The van der Waals surface area contributed by atoms with Crippen molar-refractivity contribution in [1.82, 2.24) is 10.2 Å². The summed E-state index contributed by atoms with van der Waals surface area (Å²) in [5, 5.41) is 21.0. The lowest BCUT2D eigenvalue weighted by atomic mass is 10.0. The third kappa shape index (κ3) is 4.08. The number of nitrogens with two attached hydrogens (primary N) is 1. The topological polar surface area (TPSA) is 179 Å². The molecule has 162 valence electrons. The number of β-lactam (4-membered cyclic amide) rings is 1. The maximum atomic E-state index is 12.6. The van der Waals surface area contributed by atoms with Crippen LogP contribution >= 0.6 is 11.8 Å². The van der Waals surface area contributed by atoms with Crippen LogP contribution in [0.4, 0.5) is 5.69 Å². The molecule has 30 heavy (non-hydrogen) atoms. The molecule has 0 radical (unpaired) electrons. The summed E-state index contributed by atoms with van der Waals surface area (Å²) in [6, 6.07) is 1.63. The zero-order valence-corrected chi connectivity index (χ0v) is 17.4. The van der Waals surface area contributed by atoms with Crippen LogP contribution < -0.4 is 15.8 Å². The summed E-state index contributed by atoms with van der Waals surface area (Å²) in [5.41, 5.74) is 5.93. The molecule has 0 aromatic heterocycles.